The molecule has 0 saturated carbocycles. The summed E-state index contributed by atoms with van der Waals surface area (Å²) < 4.78 is 1.78. The van der Waals surface area contributed by atoms with Gasteiger partial charge < -0.3 is 9.88 Å². The molecule has 0 atom stereocenters. The van der Waals surface area contributed by atoms with E-state index in [2.05, 4.69) is 21.6 Å². The van der Waals surface area contributed by atoms with E-state index >= 15 is 0 Å². The molecular formula is C21H20N4O2. The van der Waals surface area contributed by atoms with Crippen LogP contribution >= 0.6 is 0 Å². The number of aromatic nitrogens is 3. The summed E-state index contributed by atoms with van der Waals surface area (Å²) in [5.74, 6) is -0.0451. The highest BCUT2D eigenvalue weighted by atomic mass is 16.1. The van der Waals surface area contributed by atoms with Crippen molar-refractivity contribution >= 4 is 27.7 Å². The van der Waals surface area contributed by atoms with E-state index in [0.717, 1.165) is 33.1 Å². The third-order valence-corrected chi connectivity index (χ3v) is 4.82. The Labute approximate surface area is 155 Å². The number of H-pyrrole nitrogens is 1. The molecule has 0 unspecified atom stereocenters. The Balaban J connectivity index is 1.80. The maximum absolute atomic E-state index is 12.7. The first kappa shape index (κ1) is 17.0. The minimum Gasteiger partial charge on any atom is -0.352 e. The van der Waals surface area contributed by atoms with Gasteiger partial charge in [-0.05, 0) is 29.7 Å². The molecule has 6 heteroatoms. The predicted octanol–water partition coefficient (Wildman–Crippen LogP) is 3.20. The topological polar surface area (TPSA) is 79.8 Å². The molecule has 4 aromatic rings. The molecule has 136 valence electrons. The standard InChI is InChI=1S/C21H20N4O2/c1-3-25-19-10-16(15-6-4-14(5-7-15)11-22-13(2)26)8-9-17(19)20-18(21(25)27)12-23-24-20/h4-10,12H,3,11H2,1-2H3,(H,22,26)(H,23,24). The monoisotopic (exact) mass is 360 g/mol. The van der Waals surface area contributed by atoms with E-state index in [1.165, 1.54) is 6.92 Å². The number of hydrogen-bond acceptors (Lipinski definition) is 3. The van der Waals surface area contributed by atoms with Gasteiger partial charge in [0.2, 0.25) is 5.91 Å². The lowest BCUT2D eigenvalue weighted by Gasteiger charge is -2.11. The molecular weight excluding hydrogens is 340 g/mol. The number of aryl methyl sites for hydroxylation is 1. The number of carbonyl (C=O) groups is 1. The normalized spacial score (nSPS) is 11.2. The van der Waals surface area contributed by atoms with Crippen LogP contribution in [-0.2, 0) is 17.9 Å². The molecule has 0 aliphatic carbocycles. The lowest BCUT2D eigenvalue weighted by atomic mass is 10.0. The summed E-state index contributed by atoms with van der Waals surface area (Å²) in [6, 6.07) is 14.2. The fourth-order valence-corrected chi connectivity index (χ4v) is 3.41. The summed E-state index contributed by atoms with van der Waals surface area (Å²) in [7, 11) is 0. The molecule has 4 rings (SSSR count). The summed E-state index contributed by atoms with van der Waals surface area (Å²) >= 11 is 0. The minimum atomic E-state index is -0.0451. The average Bonchev–Trinajstić information content (AvgIpc) is 3.17. The summed E-state index contributed by atoms with van der Waals surface area (Å²) in [5, 5.41) is 11.4. The molecule has 0 bridgehead atoms. The first-order valence-electron chi connectivity index (χ1n) is 8.92. The summed E-state index contributed by atoms with van der Waals surface area (Å²) in [5.41, 5.74) is 4.77. The van der Waals surface area contributed by atoms with Gasteiger partial charge in [-0.1, -0.05) is 36.4 Å². The largest absolute Gasteiger partial charge is 0.352 e. The number of fused-ring (bicyclic) bond motifs is 3. The van der Waals surface area contributed by atoms with E-state index in [4.69, 9.17) is 0 Å². The molecule has 2 heterocycles. The van der Waals surface area contributed by atoms with Crippen molar-refractivity contribution in [2.45, 2.75) is 26.9 Å². The quantitative estimate of drug-likeness (QED) is 0.586. The molecule has 6 nitrogen and oxygen atoms in total. The van der Waals surface area contributed by atoms with Gasteiger partial charge >= 0.3 is 0 Å². The molecule has 27 heavy (non-hydrogen) atoms. The van der Waals surface area contributed by atoms with Crippen molar-refractivity contribution in [2.24, 2.45) is 0 Å². The maximum atomic E-state index is 12.7. The Bertz CT molecular complexity index is 1200. The van der Waals surface area contributed by atoms with Gasteiger partial charge in [0.25, 0.3) is 5.56 Å². The Morgan fingerprint density at radius 1 is 1.11 bits per heavy atom. The highest BCUT2D eigenvalue weighted by Gasteiger charge is 2.12. The van der Waals surface area contributed by atoms with Gasteiger partial charge in [0.15, 0.2) is 0 Å². The average molecular weight is 360 g/mol. The van der Waals surface area contributed by atoms with Crippen molar-refractivity contribution in [3.63, 3.8) is 0 Å². The number of pyridine rings is 1. The van der Waals surface area contributed by atoms with Crippen LogP contribution in [0.15, 0.2) is 53.5 Å². The molecule has 0 aliphatic rings. The highest BCUT2D eigenvalue weighted by molar-refractivity contribution is 6.04. The molecule has 0 spiro atoms. The van der Waals surface area contributed by atoms with Gasteiger partial charge in [0.05, 0.1) is 22.6 Å². The Hall–Kier alpha value is -3.41. The predicted molar refractivity (Wildman–Crippen MR) is 106 cm³/mol. The first-order valence-corrected chi connectivity index (χ1v) is 8.92. The fourth-order valence-electron chi connectivity index (χ4n) is 3.41. The van der Waals surface area contributed by atoms with Crippen molar-refractivity contribution < 1.29 is 4.79 Å². The molecule has 2 N–H and O–H groups in total. The molecule has 0 aliphatic heterocycles. The van der Waals surface area contributed by atoms with Crippen LogP contribution in [0.1, 0.15) is 19.4 Å². The third kappa shape index (κ3) is 2.99. The van der Waals surface area contributed by atoms with Crippen LogP contribution < -0.4 is 10.9 Å². The van der Waals surface area contributed by atoms with E-state index < -0.39 is 0 Å². The van der Waals surface area contributed by atoms with Crippen molar-refractivity contribution in [2.75, 3.05) is 0 Å². The van der Waals surface area contributed by atoms with E-state index in [1.54, 1.807) is 10.8 Å². The lowest BCUT2D eigenvalue weighted by Crippen LogP contribution is -2.19. The number of nitrogens with one attached hydrogen (secondary N) is 2. The van der Waals surface area contributed by atoms with E-state index in [-0.39, 0.29) is 11.5 Å². The number of amides is 1. The minimum absolute atomic E-state index is 0.0310. The van der Waals surface area contributed by atoms with Crippen LogP contribution in [0.25, 0.3) is 32.9 Å². The van der Waals surface area contributed by atoms with Crippen LogP contribution in [0.5, 0.6) is 0 Å². The number of aromatic amines is 1. The van der Waals surface area contributed by atoms with E-state index in [1.807, 2.05) is 43.3 Å². The van der Waals surface area contributed by atoms with Gasteiger partial charge in [0.1, 0.15) is 0 Å². The van der Waals surface area contributed by atoms with Crippen LogP contribution in [0.4, 0.5) is 0 Å². The van der Waals surface area contributed by atoms with Crippen LogP contribution in [0, 0.1) is 0 Å². The van der Waals surface area contributed by atoms with Gasteiger partial charge in [0, 0.05) is 25.4 Å². The zero-order valence-corrected chi connectivity index (χ0v) is 15.2. The van der Waals surface area contributed by atoms with E-state index in [9.17, 15) is 9.59 Å². The molecule has 0 radical (unpaired) electrons. The van der Waals surface area contributed by atoms with Crippen LogP contribution in [0.3, 0.4) is 0 Å². The Morgan fingerprint density at radius 3 is 2.56 bits per heavy atom. The molecule has 2 aromatic carbocycles. The fraction of sp³-hybridized carbons (Fsp3) is 0.190. The second kappa shape index (κ2) is 6.72. The van der Waals surface area contributed by atoms with Crippen LogP contribution in [-0.4, -0.2) is 20.7 Å². The highest BCUT2D eigenvalue weighted by Crippen LogP contribution is 2.27. The maximum Gasteiger partial charge on any atom is 0.262 e. The SMILES string of the molecule is CCn1c(=O)c2cn[nH]c2c2ccc(-c3ccc(CNC(C)=O)cc3)cc21. The zero-order chi connectivity index (χ0) is 19.0. The van der Waals surface area contributed by atoms with Gasteiger partial charge in [-0.25, -0.2) is 0 Å². The van der Waals surface area contributed by atoms with Crippen LogP contribution in [0.2, 0.25) is 0 Å². The summed E-state index contributed by atoms with van der Waals surface area (Å²) in [6.07, 6.45) is 1.59. The number of carbonyl (C=O) groups excluding carboxylic acids is 1. The molecule has 1 amide bonds. The number of rotatable bonds is 4. The third-order valence-electron chi connectivity index (χ3n) is 4.82. The van der Waals surface area contributed by atoms with Gasteiger partial charge in [-0.15, -0.1) is 0 Å². The van der Waals surface area contributed by atoms with Gasteiger partial charge in [-0.2, -0.15) is 5.10 Å². The van der Waals surface area contributed by atoms with Gasteiger partial charge in [-0.3, -0.25) is 14.7 Å². The molecule has 2 aromatic heterocycles. The van der Waals surface area contributed by atoms with E-state index in [0.29, 0.717) is 18.5 Å². The molecule has 0 fully saturated rings. The smallest absolute Gasteiger partial charge is 0.262 e. The van der Waals surface area contributed by atoms with Crippen molar-refractivity contribution in [3.05, 3.63) is 64.6 Å². The van der Waals surface area contributed by atoms with Crippen molar-refractivity contribution in [1.29, 1.82) is 0 Å². The number of nitrogens with zero attached hydrogens (tertiary/aromatic N) is 2. The zero-order valence-electron chi connectivity index (χ0n) is 15.2. The van der Waals surface area contributed by atoms with Crippen molar-refractivity contribution in [1.82, 2.24) is 20.1 Å². The number of benzene rings is 2. The van der Waals surface area contributed by atoms with Crippen molar-refractivity contribution in [3.8, 4) is 11.1 Å². The second-order valence-corrected chi connectivity index (χ2v) is 6.55. The molecule has 0 saturated heterocycles. The summed E-state index contributed by atoms with van der Waals surface area (Å²) in [4.78, 5) is 23.8. The lowest BCUT2D eigenvalue weighted by molar-refractivity contribution is -0.119. The second-order valence-electron chi connectivity index (χ2n) is 6.55. The Morgan fingerprint density at radius 2 is 1.85 bits per heavy atom. The summed E-state index contributed by atoms with van der Waals surface area (Å²) in [6.45, 7) is 4.58. The number of hydrogen-bond donors (Lipinski definition) is 2. The first-order chi connectivity index (χ1) is 13.1. The Kier molecular flexibility index (Phi) is 4.24.